The van der Waals surface area contributed by atoms with Crippen molar-refractivity contribution in [3.8, 4) is 0 Å². The number of carbonyl (C=O) groups excluding carboxylic acids is 2. The van der Waals surface area contributed by atoms with Gasteiger partial charge in [0.2, 0.25) is 0 Å². The number of cyclic esters (lactones) is 2. The highest BCUT2D eigenvalue weighted by molar-refractivity contribution is 5.85. The molecule has 0 aromatic rings. The molecule has 1 atom stereocenters. The number of esters is 2. The molecule has 3 heteroatoms. The van der Waals surface area contributed by atoms with Gasteiger partial charge in [-0.1, -0.05) is 71.1 Å². The molecule has 0 aromatic carbocycles. The molecule has 0 aliphatic carbocycles. The van der Waals surface area contributed by atoms with E-state index in [1.165, 1.54) is 57.8 Å². The van der Waals surface area contributed by atoms with Crippen LogP contribution in [0.4, 0.5) is 0 Å². The van der Waals surface area contributed by atoms with Crippen LogP contribution in [-0.2, 0) is 14.3 Å². The Bertz CT molecular complexity index is 299. The molecular formula is C18H32O3. The Balaban J connectivity index is 2.30. The summed E-state index contributed by atoms with van der Waals surface area (Å²) in [6.45, 7) is 2.19. The molecule has 0 bridgehead atoms. The molecule has 0 aromatic heterocycles. The zero-order valence-corrected chi connectivity index (χ0v) is 13.7. The van der Waals surface area contributed by atoms with E-state index in [0.717, 1.165) is 19.3 Å². The van der Waals surface area contributed by atoms with E-state index in [2.05, 4.69) is 6.92 Å². The average molecular weight is 296 g/mol. The Morgan fingerprint density at radius 3 is 1.76 bits per heavy atom. The van der Waals surface area contributed by atoms with E-state index in [1.807, 2.05) is 0 Å². The standard InChI is InChI=1S/C18H32O3/c1-16-12-10-8-6-4-2-3-5-7-9-11-13-17(19)21-18(20)15-14-16/h16H,2-15H2,1H3. The summed E-state index contributed by atoms with van der Waals surface area (Å²) in [4.78, 5) is 23.1. The van der Waals surface area contributed by atoms with Crippen LogP contribution in [0.1, 0.15) is 96.8 Å². The third kappa shape index (κ3) is 10.5. The predicted molar refractivity (Wildman–Crippen MR) is 84.9 cm³/mol. The smallest absolute Gasteiger partial charge is 0.313 e. The van der Waals surface area contributed by atoms with Crippen molar-refractivity contribution in [1.29, 1.82) is 0 Å². The second-order valence-corrected chi connectivity index (χ2v) is 6.56. The summed E-state index contributed by atoms with van der Waals surface area (Å²) in [5, 5.41) is 0. The van der Waals surface area contributed by atoms with Crippen LogP contribution < -0.4 is 0 Å². The van der Waals surface area contributed by atoms with E-state index in [1.54, 1.807) is 0 Å². The zero-order valence-electron chi connectivity index (χ0n) is 13.7. The third-order valence-electron chi connectivity index (χ3n) is 4.40. The summed E-state index contributed by atoms with van der Waals surface area (Å²) in [5.41, 5.74) is 0. The van der Waals surface area contributed by atoms with Gasteiger partial charge in [0.1, 0.15) is 0 Å². The van der Waals surface area contributed by atoms with Crippen LogP contribution in [0.3, 0.4) is 0 Å². The van der Waals surface area contributed by atoms with Crippen LogP contribution in [0.2, 0.25) is 0 Å². The van der Waals surface area contributed by atoms with Crippen molar-refractivity contribution in [2.45, 2.75) is 96.8 Å². The van der Waals surface area contributed by atoms with Gasteiger partial charge in [-0.3, -0.25) is 9.59 Å². The molecule has 1 aliphatic heterocycles. The Morgan fingerprint density at radius 2 is 1.14 bits per heavy atom. The molecular weight excluding hydrogens is 264 g/mol. The van der Waals surface area contributed by atoms with Gasteiger partial charge in [-0.25, -0.2) is 0 Å². The highest BCUT2D eigenvalue weighted by Gasteiger charge is 2.12. The molecule has 0 radical (unpaired) electrons. The fourth-order valence-electron chi connectivity index (χ4n) is 2.91. The predicted octanol–water partition coefficient (Wildman–Crippen LogP) is 5.17. The molecule has 1 aliphatic rings. The first-order valence-electron chi connectivity index (χ1n) is 8.92. The fourth-order valence-corrected chi connectivity index (χ4v) is 2.91. The minimum Gasteiger partial charge on any atom is -0.393 e. The number of carbonyl (C=O) groups is 2. The Labute approximate surface area is 129 Å². The summed E-state index contributed by atoms with van der Waals surface area (Å²) in [6.07, 6.45) is 15.1. The lowest BCUT2D eigenvalue weighted by Crippen LogP contribution is -2.13. The third-order valence-corrected chi connectivity index (χ3v) is 4.40. The molecule has 0 spiro atoms. The van der Waals surface area contributed by atoms with Gasteiger partial charge in [-0.15, -0.1) is 0 Å². The number of ether oxygens (including phenoxy) is 1. The second kappa shape index (κ2) is 11.8. The molecule has 1 fully saturated rings. The van der Waals surface area contributed by atoms with Crippen LogP contribution in [0.5, 0.6) is 0 Å². The monoisotopic (exact) mass is 296 g/mol. The van der Waals surface area contributed by atoms with Gasteiger partial charge in [-0.2, -0.15) is 0 Å². The summed E-state index contributed by atoms with van der Waals surface area (Å²) >= 11 is 0. The van der Waals surface area contributed by atoms with Crippen LogP contribution >= 0.6 is 0 Å². The molecule has 122 valence electrons. The first kappa shape index (κ1) is 18.2. The summed E-state index contributed by atoms with van der Waals surface area (Å²) in [5.74, 6) is -0.131. The first-order valence-corrected chi connectivity index (χ1v) is 8.92. The van der Waals surface area contributed by atoms with Crippen molar-refractivity contribution < 1.29 is 14.3 Å². The van der Waals surface area contributed by atoms with E-state index < -0.39 is 0 Å². The van der Waals surface area contributed by atoms with E-state index in [-0.39, 0.29) is 11.9 Å². The molecule has 1 heterocycles. The van der Waals surface area contributed by atoms with Gasteiger partial charge in [0, 0.05) is 12.8 Å². The van der Waals surface area contributed by atoms with Crippen LogP contribution in [0.15, 0.2) is 0 Å². The van der Waals surface area contributed by atoms with E-state index in [4.69, 9.17) is 4.74 Å². The van der Waals surface area contributed by atoms with Gasteiger partial charge in [-0.05, 0) is 18.8 Å². The Kier molecular flexibility index (Phi) is 10.2. The van der Waals surface area contributed by atoms with Crippen LogP contribution in [0.25, 0.3) is 0 Å². The summed E-state index contributed by atoms with van der Waals surface area (Å²) < 4.78 is 4.87. The topological polar surface area (TPSA) is 43.4 Å². The zero-order chi connectivity index (χ0) is 15.3. The first-order chi connectivity index (χ1) is 10.2. The molecule has 1 unspecified atom stereocenters. The SMILES string of the molecule is CC1CCCCCCCCCCCCC(=O)OC(=O)CC1. The van der Waals surface area contributed by atoms with Gasteiger partial charge < -0.3 is 4.74 Å². The van der Waals surface area contributed by atoms with Gasteiger partial charge >= 0.3 is 11.9 Å². The molecule has 0 N–H and O–H groups in total. The number of hydrogen-bond donors (Lipinski definition) is 0. The van der Waals surface area contributed by atoms with Crippen molar-refractivity contribution in [2.24, 2.45) is 5.92 Å². The largest absolute Gasteiger partial charge is 0.393 e. The normalized spacial score (nSPS) is 25.7. The maximum Gasteiger partial charge on any atom is 0.313 e. The van der Waals surface area contributed by atoms with E-state index >= 15 is 0 Å². The van der Waals surface area contributed by atoms with Gasteiger partial charge in [0.25, 0.3) is 0 Å². The number of hydrogen-bond acceptors (Lipinski definition) is 3. The van der Waals surface area contributed by atoms with Gasteiger partial charge in [0.05, 0.1) is 0 Å². The Hall–Kier alpha value is -0.860. The minimum atomic E-state index is -0.340. The van der Waals surface area contributed by atoms with Crippen molar-refractivity contribution >= 4 is 11.9 Å². The second-order valence-electron chi connectivity index (χ2n) is 6.56. The molecule has 0 saturated carbocycles. The molecule has 21 heavy (non-hydrogen) atoms. The van der Waals surface area contributed by atoms with Crippen molar-refractivity contribution in [3.05, 3.63) is 0 Å². The lowest BCUT2D eigenvalue weighted by Gasteiger charge is -2.11. The van der Waals surface area contributed by atoms with Crippen molar-refractivity contribution in [3.63, 3.8) is 0 Å². The molecule has 1 rings (SSSR count). The Morgan fingerprint density at radius 1 is 0.667 bits per heavy atom. The summed E-state index contributed by atoms with van der Waals surface area (Å²) in [7, 11) is 0. The maximum absolute atomic E-state index is 11.6. The van der Waals surface area contributed by atoms with Gasteiger partial charge in [0.15, 0.2) is 0 Å². The highest BCUT2D eigenvalue weighted by Crippen LogP contribution is 2.18. The molecule has 3 nitrogen and oxygen atoms in total. The lowest BCUT2D eigenvalue weighted by atomic mass is 9.97. The van der Waals surface area contributed by atoms with Crippen LogP contribution in [0, 0.1) is 5.92 Å². The average Bonchev–Trinajstić information content (AvgIpc) is 2.45. The number of rotatable bonds is 0. The quantitative estimate of drug-likeness (QED) is 0.457. The van der Waals surface area contributed by atoms with Crippen LogP contribution in [-0.4, -0.2) is 11.9 Å². The van der Waals surface area contributed by atoms with E-state index in [9.17, 15) is 9.59 Å². The van der Waals surface area contributed by atoms with Crippen molar-refractivity contribution in [2.75, 3.05) is 0 Å². The van der Waals surface area contributed by atoms with Crippen molar-refractivity contribution in [1.82, 2.24) is 0 Å². The maximum atomic E-state index is 11.6. The minimum absolute atomic E-state index is 0.339. The van der Waals surface area contributed by atoms with E-state index in [0.29, 0.717) is 18.8 Å². The highest BCUT2D eigenvalue weighted by atomic mass is 16.6. The summed E-state index contributed by atoms with van der Waals surface area (Å²) in [6, 6.07) is 0. The molecule has 0 amide bonds. The molecule has 1 saturated heterocycles. The fraction of sp³-hybridized carbons (Fsp3) is 0.889. The lowest BCUT2D eigenvalue weighted by molar-refractivity contribution is -0.159.